The van der Waals surface area contributed by atoms with Crippen LogP contribution in [0.1, 0.15) is 386 Å². The van der Waals surface area contributed by atoms with Crippen molar-refractivity contribution in [3.05, 3.63) is 48.6 Å². The Morgan fingerprint density at radius 1 is 0.407 bits per heavy atom. The number of phosphoric acid groups is 1. The number of likely N-dealkylation sites (N-methyl/N-ethyl adjacent to an activating group) is 1. The molecule has 0 spiro atoms. The number of hydrogen-bond acceptors (Lipinski definition) is 6. The SMILES string of the molecule is CCCCCCC/C=C\C/C=C\CCCCCCCCCCCCCCCCCCCCCCCCCCCCCCCC(=O)NC(COP(=O)([O-])OCC[N+](C)(C)C)C(O)/C=C/CC/C=C/CCCCCCCCCCCCCCCCCCC. The second-order valence-electron chi connectivity index (χ2n) is 27.4. The molecular formula is C77H149N2O6P. The largest absolute Gasteiger partial charge is 0.756 e. The molecule has 0 aliphatic heterocycles. The molecule has 0 heterocycles. The van der Waals surface area contributed by atoms with Gasteiger partial charge in [-0.1, -0.05) is 364 Å². The summed E-state index contributed by atoms with van der Waals surface area (Å²) in [4.78, 5) is 25.6. The summed E-state index contributed by atoms with van der Waals surface area (Å²) in [7, 11) is 1.26. The van der Waals surface area contributed by atoms with Crippen LogP contribution in [-0.4, -0.2) is 68.5 Å². The molecule has 3 unspecified atom stereocenters. The van der Waals surface area contributed by atoms with Gasteiger partial charge in [-0.05, 0) is 64.2 Å². The molecule has 0 radical (unpaired) electrons. The Hall–Kier alpha value is -1.54. The lowest BCUT2D eigenvalue weighted by molar-refractivity contribution is -0.870. The standard InChI is InChI=1S/C77H149N2O6P/c1-6-8-10-12-14-16-18-20-22-24-26-28-30-31-32-33-34-35-36-37-38-39-40-41-42-43-44-45-46-47-49-51-53-55-57-59-61-63-65-67-69-71-77(81)78-75(74-85-86(82,83)84-73-72-79(3,4)5)76(80)70-68-66-64-62-60-58-56-54-52-50-48-29-27-25-23-21-19-17-15-13-11-9-7-2/h18,20,24,26,60,62,68,70,75-76,80H,6-17,19,21-23,25,27-59,61,63-67,69,71-74H2,1-5H3,(H-,78,81,82,83)/b20-18-,26-24-,62-60+,70-68+. The van der Waals surface area contributed by atoms with Crippen LogP contribution < -0.4 is 10.2 Å². The highest BCUT2D eigenvalue weighted by Gasteiger charge is 2.23. The van der Waals surface area contributed by atoms with E-state index in [9.17, 15) is 19.4 Å². The molecule has 0 bridgehead atoms. The lowest BCUT2D eigenvalue weighted by Gasteiger charge is -2.29. The number of allylic oxidation sites excluding steroid dienone is 7. The molecule has 86 heavy (non-hydrogen) atoms. The molecule has 0 aromatic carbocycles. The summed E-state index contributed by atoms with van der Waals surface area (Å²) in [5.74, 6) is -0.199. The number of nitrogens with one attached hydrogen (secondary N) is 1. The van der Waals surface area contributed by atoms with E-state index in [2.05, 4.69) is 55.6 Å². The van der Waals surface area contributed by atoms with Gasteiger partial charge in [0, 0.05) is 6.42 Å². The lowest BCUT2D eigenvalue weighted by atomic mass is 10.0. The second kappa shape index (κ2) is 67.8. The number of aliphatic hydroxyl groups excluding tert-OH is 1. The number of phosphoric ester groups is 1. The van der Waals surface area contributed by atoms with Crippen molar-refractivity contribution in [3.8, 4) is 0 Å². The lowest BCUT2D eigenvalue weighted by Crippen LogP contribution is -2.45. The first-order valence-corrected chi connectivity index (χ1v) is 39.5. The zero-order valence-electron chi connectivity index (χ0n) is 58.3. The first kappa shape index (κ1) is 84.5. The summed E-state index contributed by atoms with van der Waals surface area (Å²) in [6.07, 6.45) is 92.8. The van der Waals surface area contributed by atoms with E-state index in [0.29, 0.717) is 17.4 Å². The third kappa shape index (κ3) is 69.9. The van der Waals surface area contributed by atoms with Crippen LogP contribution in [0.5, 0.6) is 0 Å². The van der Waals surface area contributed by atoms with Crippen LogP contribution in [0.3, 0.4) is 0 Å². The van der Waals surface area contributed by atoms with Crippen LogP contribution in [0.4, 0.5) is 0 Å². The van der Waals surface area contributed by atoms with Crippen molar-refractivity contribution in [2.75, 3.05) is 40.9 Å². The van der Waals surface area contributed by atoms with E-state index in [4.69, 9.17) is 9.05 Å². The molecule has 2 N–H and O–H groups in total. The van der Waals surface area contributed by atoms with Gasteiger partial charge in [-0.2, -0.15) is 0 Å². The molecule has 0 rings (SSSR count). The predicted molar refractivity (Wildman–Crippen MR) is 376 cm³/mol. The van der Waals surface area contributed by atoms with Crippen molar-refractivity contribution < 1.29 is 32.9 Å². The van der Waals surface area contributed by atoms with Crippen molar-refractivity contribution in [1.29, 1.82) is 0 Å². The number of aliphatic hydroxyl groups is 1. The van der Waals surface area contributed by atoms with Gasteiger partial charge in [0.1, 0.15) is 13.2 Å². The number of unbranched alkanes of at least 4 members (excludes halogenated alkanes) is 52. The molecular weight excluding hydrogens is 1080 g/mol. The van der Waals surface area contributed by atoms with Crippen LogP contribution in [0.25, 0.3) is 0 Å². The summed E-state index contributed by atoms with van der Waals surface area (Å²) >= 11 is 0. The van der Waals surface area contributed by atoms with Crippen molar-refractivity contribution >= 4 is 13.7 Å². The van der Waals surface area contributed by atoms with Gasteiger partial charge < -0.3 is 28.8 Å². The molecule has 508 valence electrons. The van der Waals surface area contributed by atoms with Crippen LogP contribution in [0.15, 0.2) is 48.6 Å². The Kier molecular flexibility index (Phi) is 66.6. The number of hydrogen-bond donors (Lipinski definition) is 2. The van der Waals surface area contributed by atoms with Crippen molar-refractivity contribution in [2.45, 2.75) is 398 Å². The monoisotopic (exact) mass is 1230 g/mol. The van der Waals surface area contributed by atoms with Crippen molar-refractivity contribution in [1.82, 2.24) is 5.32 Å². The molecule has 0 aliphatic carbocycles. The summed E-state index contributed by atoms with van der Waals surface area (Å²) in [5, 5.41) is 14.0. The Morgan fingerprint density at radius 3 is 1.01 bits per heavy atom. The second-order valence-corrected chi connectivity index (χ2v) is 28.8. The van der Waals surface area contributed by atoms with Gasteiger partial charge in [0.25, 0.3) is 7.82 Å². The maximum Gasteiger partial charge on any atom is 0.268 e. The number of quaternary nitrogens is 1. The van der Waals surface area contributed by atoms with Crippen molar-refractivity contribution in [3.63, 3.8) is 0 Å². The van der Waals surface area contributed by atoms with Gasteiger partial charge >= 0.3 is 0 Å². The predicted octanol–water partition coefficient (Wildman–Crippen LogP) is 23.9. The maximum atomic E-state index is 13.0. The number of amides is 1. The molecule has 0 aliphatic rings. The number of carbonyl (C=O) groups is 1. The minimum absolute atomic E-state index is 0.00452. The number of carbonyl (C=O) groups excluding carboxylic acids is 1. The fraction of sp³-hybridized carbons (Fsp3) is 0.883. The van der Waals surface area contributed by atoms with Crippen LogP contribution in [-0.2, 0) is 18.4 Å². The first-order chi connectivity index (χ1) is 42.0. The van der Waals surface area contributed by atoms with Crippen LogP contribution in [0.2, 0.25) is 0 Å². The number of nitrogens with zero attached hydrogens (tertiary/aromatic N) is 1. The van der Waals surface area contributed by atoms with E-state index in [1.807, 2.05) is 27.2 Å². The quantitative estimate of drug-likeness (QED) is 0.0272. The van der Waals surface area contributed by atoms with E-state index < -0.39 is 20.0 Å². The zero-order valence-corrected chi connectivity index (χ0v) is 59.2. The third-order valence-electron chi connectivity index (χ3n) is 17.5. The number of rotatable bonds is 71. The smallest absolute Gasteiger partial charge is 0.268 e. The fourth-order valence-corrected chi connectivity index (χ4v) is 12.3. The highest BCUT2D eigenvalue weighted by Crippen LogP contribution is 2.38. The average molecular weight is 1230 g/mol. The highest BCUT2D eigenvalue weighted by atomic mass is 31.2. The van der Waals surface area contributed by atoms with Gasteiger partial charge in [0.15, 0.2) is 0 Å². The molecule has 3 atom stereocenters. The maximum absolute atomic E-state index is 13.0. The molecule has 0 fully saturated rings. The Bertz CT molecular complexity index is 1540. The summed E-state index contributed by atoms with van der Waals surface area (Å²) in [6, 6.07) is -0.903. The molecule has 1 amide bonds. The third-order valence-corrected chi connectivity index (χ3v) is 18.5. The van der Waals surface area contributed by atoms with E-state index >= 15 is 0 Å². The molecule has 0 aromatic rings. The highest BCUT2D eigenvalue weighted by molar-refractivity contribution is 7.45. The minimum atomic E-state index is -4.61. The molecule has 0 aromatic heterocycles. The Labute approximate surface area is 537 Å². The first-order valence-electron chi connectivity index (χ1n) is 38.0. The minimum Gasteiger partial charge on any atom is -0.756 e. The molecule has 8 nitrogen and oxygen atoms in total. The topological polar surface area (TPSA) is 108 Å². The normalized spacial score (nSPS) is 13.8. The van der Waals surface area contributed by atoms with Crippen LogP contribution >= 0.6 is 7.82 Å². The van der Waals surface area contributed by atoms with Crippen LogP contribution in [0, 0.1) is 0 Å². The van der Waals surface area contributed by atoms with E-state index in [0.717, 1.165) is 44.9 Å². The zero-order chi connectivity index (χ0) is 62.6. The van der Waals surface area contributed by atoms with Gasteiger partial charge in [0.2, 0.25) is 5.91 Å². The average Bonchev–Trinajstić information content (AvgIpc) is 3.70. The summed E-state index contributed by atoms with van der Waals surface area (Å²) in [6.45, 7) is 4.67. The molecule has 0 saturated carbocycles. The van der Waals surface area contributed by atoms with E-state index in [-0.39, 0.29) is 19.1 Å². The fourth-order valence-electron chi connectivity index (χ4n) is 11.6. The van der Waals surface area contributed by atoms with Crippen molar-refractivity contribution in [2.24, 2.45) is 0 Å². The molecule has 9 heteroatoms. The van der Waals surface area contributed by atoms with Gasteiger partial charge in [-0.3, -0.25) is 9.36 Å². The van der Waals surface area contributed by atoms with Gasteiger partial charge in [0.05, 0.1) is 39.9 Å². The van der Waals surface area contributed by atoms with E-state index in [1.165, 1.54) is 321 Å². The van der Waals surface area contributed by atoms with Gasteiger partial charge in [-0.15, -0.1) is 0 Å². The summed E-state index contributed by atoms with van der Waals surface area (Å²) < 4.78 is 23.5. The Morgan fingerprint density at radius 2 is 0.686 bits per heavy atom. The van der Waals surface area contributed by atoms with Gasteiger partial charge in [-0.25, -0.2) is 0 Å². The summed E-state index contributed by atoms with van der Waals surface area (Å²) in [5.41, 5.74) is 0. The molecule has 0 saturated heterocycles. The Balaban J connectivity index is 3.92. The van der Waals surface area contributed by atoms with E-state index in [1.54, 1.807) is 6.08 Å².